The Balaban J connectivity index is 1.39. The van der Waals surface area contributed by atoms with E-state index in [1.807, 2.05) is 18.2 Å². The molecule has 0 aliphatic carbocycles. The van der Waals surface area contributed by atoms with Gasteiger partial charge in [0.1, 0.15) is 12.4 Å². The van der Waals surface area contributed by atoms with Crippen LogP contribution in [0, 0.1) is 0 Å². The summed E-state index contributed by atoms with van der Waals surface area (Å²) in [5.74, 6) is 0.706. The number of ether oxygens (including phenoxy) is 1. The molecule has 148 valence electrons. The number of para-hydroxylation sites is 1. The first-order chi connectivity index (χ1) is 13.5. The van der Waals surface area contributed by atoms with Crippen molar-refractivity contribution in [3.05, 3.63) is 65.3 Å². The summed E-state index contributed by atoms with van der Waals surface area (Å²) >= 11 is 6.02. The molecule has 4 nitrogen and oxygen atoms in total. The molecule has 0 bridgehead atoms. The molecule has 3 aromatic rings. The standard InChI is InChI=1S/C23H27ClN2O2/c1-25-15-18(21-8-2-3-9-22(21)25)16-26-12-5-10-23(27,11-13-26)17-28-20-7-4-6-19(24)14-20/h2-4,6-9,14-15,27H,5,10-13,16-17H2,1H3. The zero-order valence-corrected chi connectivity index (χ0v) is 17.0. The number of hydrogen-bond acceptors (Lipinski definition) is 3. The summed E-state index contributed by atoms with van der Waals surface area (Å²) in [4.78, 5) is 2.44. The number of fused-ring (bicyclic) bond motifs is 1. The van der Waals surface area contributed by atoms with Crippen molar-refractivity contribution in [2.45, 2.75) is 31.4 Å². The molecule has 1 aromatic heterocycles. The van der Waals surface area contributed by atoms with Crippen LogP contribution in [0.5, 0.6) is 5.75 Å². The van der Waals surface area contributed by atoms with Crippen LogP contribution in [0.25, 0.3) is 10.9 Å². The minimum absolute atomic E-state index is 0.301. The summed E-state index contributed by atoms with van der Waals surface area (Å²) in [6.45, 7) is 3.06. The second-order valence-electron chi connectivity index (χ2n) is 7.88. The number of halogens is 1. The van der Waals surface area contributed by atoms with Crippen molar-refractivity contribution in [2.24, 2.45) is 7.05 Å². The molecule has 2 aromatic carbocycles. The topological polar surface area (TPSA) is 37.6 Å². The zero-order valence-electron chi connectivity index (χ0n) is 16.3. The van der Waals surface area contributed by atoms with Crippen LogP contribution >= 0.6 is 11.6 Å². The minimum atomic E-state index is -0.796. The molecule has 1 N–H and O–H groups in total. The first kappa shape index (κ1) is 19.3. The lowest BCUT2D eigenvalue weighted by atomic mass is 9.96. The Morgan fingerprint density at radius 2 is 1.96 bits per heavy atom. The van der Waals surface area contributed by atoms with Crippen molar-refractivity contribution in [3.8, 4) is 5.75 Å². The molecule has 1 fully saturated rings. The van der Waals surface area contributed by atoms with Crippen molar-refractivity contribution in [1.82, 2.24) is 9.47 Å². The summed E-state index contributed by atoms with van der Waals surface area (Å²) in [6.07, 6.45) is 4.64. The third kappa shape index (κ3) is 4.35. The van der Waals surface area contributed by atoms with Gasteiger partial charge in [0.25, 0.3) is 0 Å². The van der Waals surface area contributed by atoms with E-state index >= 15 is 0 Å². The summed E-state index contributed by atoms with van der Waals surface area (Å²) in [5, 5.41) is 13.0. The Bertz CT molecular complexity index is 955. The van der Waals surface area contributed by atoms with E-state index in [4.69, 9.17) is 16.3 Å². The first-order valence-corrected chi connectivity index (χ1v) is 10.3. The van der Waals surface area contributed by atoms with E-state index in [0.717, 1.165) is 32.5 Å². The second kappa shape index (κ2) is 8.16. The zero-order chi connectivity index (χ0) is 19.6. The van der Waals surface area contributed by atoms with Crippen LogP contribution in [0.4, 0.5) is 0 Å². The quantitative estimate of drug-likeness (QED) is 0.681. The molecule has 0 saturated carbocycles. The molecule has 1 atom stereocenters. The third-order valence-corrected chi connectivity index (χ3v) is 5.92. The fourth-order valence-corrected chi connectivity index (χ4v) is 4.28. The predicted molar refractivity (Wildman–Crippen MR) is 114 cm³/mol. The van der Waals surface area contributed by atoms with Gasteiger partial charge in [0.2, 0.25) is 0 Å². The molecule has 0 radical (unpaired) electrons. The Morgan fingerprint density at radius 3 is 2.82 bits per heavy atom. The predicted octanol–water partition coefficient (Wildman–Crippen LogP) is 4.63. The molecule has 5 heteroatoms. The number of benzene rings is 2. The average Bonchev–Trinajstić information content (AvgIpc) is 2.88. The maximum Gasteiger partial charge on any atom is 0.120 e. The van der Waals surface area contributed by atoms with Gasteiger partial charge in [-0.1, -0.05) is 35.9 Å². The Morgan fingerprint density at radius 1 is 1.11 bits per heavy atom. The molecule has 1 aliphatic rings. The number of aromatic nitrogens is 1. The van der Waals surface area contributed by atoms with Gasteiger partial charge < -0.3 is 14.4 Å². The largest absolute Gasteiger partial charge is 0.491 e. The summed E-state index contributed by atoms with van der Waals surface area (Å²) in [7, 11) is 2.10. The van der Waals surface area contributed by atoms with Crippen molar-refractivity contribution in [1.29, 1.82) is 0 Å². The van der Waals surface area contributed by atoms with Gasteiger partial charge in [0.05, 0.1) is 5.60 Å². The highest BCUT2D eigenvalue weighted by atomic mass is 35.5. The van der Waals surface area contributed by atoms with Gasteiger partial charge in [-0.3, -0.25) is 4.90 Å². The monoisotopic (exact) mass is 398 g/mol. The number of likely N-dealkylation sites (tertiary alicyclic amines) is 1. The molecule has 1 saturated heterocycles. The highest BCUT2D eigenvalue weighted by Gasteiger charge is 2.31. The Labute approximate surface area is 171 Å². The lowest BCUT2D eigenvalue weighted by molar-refractivity contribution is -0.0168. The normalized spacial score (nSPS) is 21.0. The van der Waals surface area contributed by atoms with Crippen molar-refractivity contribution in [3.63, 3.8) is 0 Å². The number of nitrogens with zero attached hydrogens (tertiary/aromatic N) is 2. The van der Waals surface area contributed by atoms with Crippen LogP contribution in [-0.4, -0.2) is 39.9 Å². The average molecular weight is 399 g/mol. The molecular formula is C23H27ClN2O2. The molecule has 2 heterocycles. The van der Waals surface area contributed by atoms with Crippen LogP contribution in [0.3, 0.4) is 0 Å². The van der Waals surface area contributed by atoms with Gasteiger partial charge in [0, 0.05) is 42.3 Å². The summed E-state index contributed by atoms with van der Waals surface area (Å²) in [6, 6.07) is 15.9. The molecule has 4 rings (SSSR count). The van der Waals surface area contributed by atoms with E-state index < -0.39 is 5.60 Å². The van der Waals surface area contributed by atoms with E-state index in [9.17, 15) is 5.11 Å². The number of aryl methyl sites for hydroxylation is 1. The summed E-state index contributed by atoms with van der Waals surface area (Å²) < 4.78 is 8.04. The van der Waals surface area contributed by atoms with Crippen molar-refractivity contribution < 1.29 is 9.84 Å². The maximum absolute atomic E-state index is 11.1. The van der Waals surface area contributed by atoms with Gasteiger partial charge in [-0.15, -0.1) is 0 Å². The van der Waals surface area contributed by atoms with E-state index in [2.05, 4.69) is 47.0 Å². The maximum atomic E-state index is 11.1. The molecule has 28 heavy (non-hydrogen) atoms. The van der Waals surface area contributed by atoms with E-state index in [1.54, 1.807) is 6.07 Å². The van der Waals surface area contributed by atoms with Gasteiger partial charge >= 0.3 is 0 Å². The lowest BCUT2D eigenvalue weighted by Gasteiger charge is -2.27. The molecule has 1 unspecified atom stereocenters. The number of rotatable bonds is 5. The lowest BCUT2D eigenvalue weighted by Crippen LogP contribution is -2.37. The van der Waals surface area contributed by atoms with E-state index in [-0.39, 0.29) is 0 Å². The number of aliphatic hydroxyl groups is 1. The molecule has 1 aliphatic heterocycles. The summed E-state index contributed by atoms with van der Waals surface area (Å²) in [5.41, 5.74) is 1.81. The molecular weight excluding hydrogens is 372 g/mol. The highest BCUT2D eigenvalue weighted by molar-refractivity contribution is 6.30. The van der Waals surface area contributed by atoms with Crippen LogP contribution in [0.15, 0.2) is 54.7 Å². The molecule has 0 spiro atoms. The van der Waals surface area contributed by atoms with Gasteiger partial charge in [0.15, 0.2) is 0 Å². The fraction of sp³-hybridized carbons (Fsp3) is 0.391. The SMILES string of the molecule is Cn1cc(CN2CCCC(O)(COc3cccc(Cl)c3)CC2)c2ccccc21. The van der Waals surface area contributed by atoms with E-state index in [1.165, 1.54) is 16.5 Å². The van der Waals surface area contributed by atoms with Crippen LogP contribution in [0.2, 0.25) is 5.02 Å². The highest BCUT2D eigenvalue weighted by Crippen LogP contribution is 2.27. The first-order valence-electron chi connectivity index (χ1n) is 9.88. The second-order valence-corrected chi connectivity index (χ2v) is 8.32. The van der Waals surface area contributed by atoms with Gasteiger partial charge in [-0.2, -0.15) is 0 Å². The smallest absolute Gasteiger partial charge is 0.120 e. The van der Waals surface area contributed by atoms with Crippen LogP contribution < -0.4 is 4.74 Å². The van der Waals surface area contributed by atoms with Crippen LogP contribution in [0.1, 0.15) is 24.8 Å². The van der Waals surface area contributed by atoms with Gasteiger partial charge in [-0.05, 0) is 55.6 Å². The van der Waals surface area contributed by atoms with Gasteiger partial charge in [-0.25, -0.2) is 0 Å². The number of hydrogen-bond donors (Lipinski definition) is 1. The Hall–Kier alpha value is -2.01. The molecule has 0 amide bonds. The van der Waals surface area contributed by atoms with Crippen molar-refractivity contribution >= 4 is 22.5 Å². The minimum Gasteiger partial charge on any atom is -0.491 e. The van der Waals surface area contributed by atoms with Crippen molar-refractivity contribution in [2.75, 3.05) is 19.7 Å². The third-order valence-electron chi connectivity index (χ3n) is 5.69. The van der Waals surface area contributed by atoms with Crippen LogP contribution in [-0.2, 0) is 13.6 Å². The fourth-order valence-electron chi connectivity index (χ4n) is 4.10. The Kier molecular flexibility index (Phi) is 5.63. The van der Waals surface area contributed by atoms with E-state index in [0.29, 0.717) is 23.8 Å².